The van der Waals surface area contributed by atoms with Gasteiger partial charge in [0.25, 0.3) is 0 Å². The van der Waals surface area contributed by atoms with Crippen LogP contribution in [-0.4, -0.2) is 21.6 Å². The van der Waals surface area contributed by atoms with Gasteiger partial charge in [-0.05, 0) is 34.5 Å². The lowest BCUT2D eigenvalue weighted by Crippen LogP contribution is -2.33. The fourth-order valence-corrected chi connectivity index (χ4v) is 12.9. The second-order valence-corrected chi connectivity index (χ2v) is 16.5. The monoisotopic (exact) mass is 422 g/mol. The molecule has 2 atom stereocenters. The lowest BCUT2D eigenvalue weighted by Gasteiger charge is -2.47. The van der Waals surface area contributed by atoms with Crippen LogP contribution in [0, 0.1) is 0 Å². The van der Waals surface area contributed by atoms with Crippen LogP contribution in [0.4, 0.5) is 0 Å². The van der Waals surface area contributed by atoms with Gasteiger partial charge in [-0.3, -0.25) is 0 Å². The Labute approximate surface area is 181 Å². The number of hydrogen-bond donors (Lipinski definition) is 0. The van der Waals surface area contributed by atoms with E-state index in [-0.39, 0.29) is 7.92 Å². The summed E-state index contributed by atoms with van der Waals surface area (Å²) in [5.41, 5.74) is 2.72. The molecule has 3 rings (SSSR count). The zero-order valence-electron chi connectivity index (χ0n) is 19.1. The van der Waals surface area contributed by atoms with Crippen LogP contribution < -0.4 is 10.6 Å². The predicted octanol–water partition coefficient (Wildman–Crippen LogP) is 7.45. The Morgan fingerprint density at radius 1 is 0.724 bits per heavy atom. The van der Waals surface area contributed by atoms with Crippen molar-refractivity contribution in [3.8, 4) is 0 Å². The summed E-state index contributed by atoms with van der Waals surface area (Å²) in [5, 5.41) is 3.59. The Morgan fingerprint density at radius 2 is 1.17 bits per heavy atom. The molecule has 0 bridgehead atoms. The summed E-state index contributed by atoms with van der Waals surface area (Å²) in [6.45, 7) is 17.1. The molecule has 1 aliphatic rings. The highest BCUT2D eigenvalue weighted by Crippen LogP contribution is 2.65. The van der Waals surface area contributed by atoms with Gasteiger partial charge < -0.3 is 0 Å². The van der Waals surface area contributed by atoms with Crippen LogP contribution >= 0.6 is 15.8 Å². The van der Waals surface area contributed by atoms with E-state index in [1.165, 1.54) is 10.6 Å². The second-order valence-electron chi connectivity index (χ2n) is 9.93. The Morgan fingerprint density at radius 3 is 1.59 bits per heavy atom. The number of allylic oxidation sites excluding steroid dienone is 4. The molecule has 2 heteroatoms. The van der Waals surface area contributed by atoms with Crippen LogP contribution in [0.3, 0.4) is 0 Å². The van der Waals surface area contributed by atoms with Gasteiger partial charge in [-0.25, -0.2) is 0 Å². The summed E-state index contributed by atoms with van der Waals surface area (Å²) >= 11 is 0. The SMILES string of the molecule is CC(C1=CC=CC1P(c1ccccc1)c1ccccc1)P(C(C)(C)C)C(C)(C)C. The van der Waals surface area contributed by atoms with Crippen LogP contribution in [0.25, 0.3) is 0 Å². The maximum Gasteiger partial charge on any atom is 0.0273 e. The van der Waals surface area contributed by atoms with Crippen molar-refractivity contribution in [1.82, 2.24) is 0 Å². The fourth-order valence-electron chi connectivity index (χ4n) is 5.07. The molecular formula is C27H36P2. The molecule has 0 saturated heterocycles. The largest absolute Gasteiger partial charge is 0.0885 e. The first-order valence-corrected chi connectivity index (χ1v) is 13.5. The Balaban J connectivity index is 2.04. The highest BCUT2D eigenvalue weighted by molar-refractivity contribution is 7.74. The van der Waals surface area contributed by atoms with Crippen molar-refractivity contribution in [2.24, 2.45) is 0 Å². The van der Waals surface area contributed by atoms with Gasteiger partial charge in [0.15, 0.2) is 0 Å². The van der Waals surface area contributed by atoms with Crippen molar-refractivity contribution in [1.29, 1.82) is 0 Å². The topological polar surface area (TPSA) is 0 Å². The fraction of sp³-hybridized carbons (Fsp3) is 0.407. The Kier molecular flexibility index (Phi) is 6.88. The average Bonchev–Trinajstić information content (AvgIpc) is 3.11. The molecule has 0 aliphatic heterocycles. The van der Waals surface area contributed by atoms with Crippen molar-refractivity contribution in [3.63, 3.8) is 0 Å². The van der Waals surface area contributed by atoms with E-state index in [4.69, 9.17) is 0 Å². The van der Waals surface area contributed by atoms with E-state index < -0.39 is 7.92 Å². The van der Waals surface area contributed by atoms with E-state index in [1.54, 1.807) is 5.57 Å². The molecule has 0 spiro atoms. The first kappa shape index (κ1) is 22.5. The molecule has 0 N–H and O–H groups in total. The van der Waals surface area contributed by atoms with Gasteiger partial charge in [0, 0.05) is 5.66 Å². The molecule has 0 saturated carbocycles. The van der Waals surface area contributed by atoms with E-state index in [0.717, 1.165) is 0 Å². The predicted molar refractivity (Wildman–Crippen MR) is 136 cm³/mol. The lowest BCUT2D eigenvalue weighted by molar-refractivity contribution is 0.693. The third-order valence-electron chi connectivity index (χ3n) is 5.59. The molecule has 0 amide bonds. The number of hydrogen-bond acceptors (Lipinski definition) is 0. The van der Waals surface area contributed by atoms with Crippen LogP contribution in [0.1, 0.15) is 48.5 Å². The van der Waals surface area contributed by atoms with E-state index in [1.807, 2.05) is 0 Å². The van der Waals surface area contributed by atoms with E-state index in [0.29, 0.717) is 21.6 Å². The summed E-state index contributed by atoms with van der Waals surface area (Å²) in [7, 11) is -0.667. The molecule has 0 radical (unpaired) electrons. The molecular weight excluding hydrogens is 386 g/mol. The number of rotatable bonds is 5. The lowest BCUT2D eigenvalue weighted by atomic mass is 10.1. The van der Waals surface area contributed by atoms with Gasteiger partial charge in [-0.15, -0.1) is 0 Å². The maximum atomic E-state index is 2.50. The summed E-state index contributed by atoms with van der Waals surface area (Å²) < 4.78 is 0. The van der Waals surface area contributed by atoms with Crippen molar-refractivity contribution in [2.45, 2.75) is 70.1 Å². The first-order valence-electron chi connectivity index (χ1n) is 10.7. The van der Waals surface area contributed by atoms with Crippen molar-refractivity contribution < 1.29 is 0 Å². The highest BCUT2D eigenvalue weighted by atomic mass is 31.1. The standard InChI is InChI=1S/C27H36P2/c1-21(29(26(2,3)4)27(5,6)7)24-19-14-20-25(24)28(22-15-10-8-11-16-22)23-17-12-9-13-18-23/h8-21,25H,1-7H3. The highest BCUT2D eigenvalue weighted by Gasteiger charge is 2.42. The van der Waals surface area contributed by atoms with Gasteiger partial charge >= 0.3 is 0 Å². The van der Waals surface area contributed by atoms with Gasteiger partial charge in [0.05, 0.1) is 0 Å². The smallest absolute Gasteiger partial charge is 0.0273 e. The zero-order valence-corrected chi connectivity index (χ0v) is 20.8. The summed E-state index contributed by atoms with van der Waals surface area (Å²) in [4.78, 5) is 0. The normalized spacial score (nSPS) is 18.4. The van der Waals surface area contributed by atoms with Gasteiger partial charge in [-0.2, -0.15) is 0 Å². The van der Waals surface area contributed by atoms with Crippen molar-refractivity contribution >= 4 is 26.5 Å². The average molecular weight is 423 g/mol. The molecule has 154 valence electrons. The van der Waals surface area contributed by atoms with E-state index >= 15 is 0 Å². The minimum Gasteiger partial charge on any atom is -0.0885 e. The van der Waals surface area contributed by atoms with Gasteiger partial charge in [0.2, 0.25) is 0 Å². The minimum absolute atomic E-state index is 0.202. The van der Waals surface area contributed by atoms with Gasteiger partial charge in [-0.1, -0.05) is 141 Å². The molecule has 29 heavy (non-hydrogen) atoms. The Hall–Kier alpha value is -1.22. The minimum atomic E-state index is -0.465. The zero-order chi connectivity index (χ0) is 21.2. The van der Waals surface area contributed by atoms with Gasteiger partial charge in [0.1, 0.15) is 0 Å². The van der Waals surface area contributed by atoms with E-state index in [9.17, 15) is 0 Å². The summed E-state index contributed by atoms with van der Waals surface area (Å²) in [6.07, 6.45) is 7.22. The van der Waals surface area contributed by atoms with Crippen LogP contribution in [0.2, 0.25) is 0 Å². The first-order chi connectivity index (χ1) is 13.6. The van der Waals surface area contributed by atoms with Crippen LogP contribution in [0.15, 0.2) is 84.5 Å². The quantitative estimate of drug-likeness (QED) is 0.439. The molecule has 0 aromatic heterocycles. The molecule has 2 aromatic carbocycles. The van der Waals surface area contributed by atoms with Crippen molar-refractivity contribution in [3.05, 3.63) is 84.5 Å². The molecule has 1 aliphatic carbocycles. The summed E-state index contributed by atoms with van der Waals surface area (Å²) in [6, 6.07) is 22.3. The summed E-state index contributed by atoms with van der Waals surface area (Å²) in [5.74, 6) is 0. The maximum absolute atomic E-state index is 2.50. The number of benzene rings is 2. The molecule has 0 fully saturated rings. The van der Waals surface area contributed by atoms with Crippen molar-refractivity contribution in [2.75, 3.05) is 0 Å². The third kappa shape index (κ3) is 5.10. The third-order valence-corrected chi connectivity index (χ3v) is 12.3. The van der Waals surface area contributed by atoms with Crippen LogP contribution in [0.5, 0.6) is 0 Å². The molecule has 2 unspecified atom stereocenters. The van der Waals surface area contributed by atoms with Crippen LogP contribution in [-0.2, 0) is 0 Å². The Bertz CT molecular complexity index is 797. The second kappa shape index (κ2) is 8.88. The molecule has 0 heterocycles. The molecule has 2 aromatic rings. The van der Waals surface area contributed by atoms with E-state index in [2.05, 4.69) is 127 Å². The molecule has 0 nitrogen and oxygen atoms in total.